The second-order valence-electron chi connectivity index (χ2n) is 6.93. The fourth-order valence-corrected chi connectivity index (χ4v) is 3.96. The molecule has 0 aliphatic rings. The van der Waals surface area contributed by atoms with E-state index in [2.05, 4.69) is 4.98 Å². The molecule has 4 rings (SSSR count). The molecule has 0 fully saturated rings. The minimum atomic E-state index is -3.45. The number of H-pyrrole nitrogens is 1. The number of sulfonamides is 1. The summed E-state index contributed by atoms with van der Waals surface area (Å²) in [5.74, 6) is 0.552. The van der Waals surface area contributed by atoms with Crippen LogP contribution < -0.4 is 4.31 Å². The minimum Gasteiger partial charge on any atom is -0.340 e. The first kappa shape index (κ1) is 19.0. The molecule has 0 unspecified atom stereocenters. The molecule has 4 nitrogen and oxygen atoms in total. The topological polar surface area (TPSA) is 53.2 Å². The van der Waals surface area contributed by atoms with Crippen molar-refractivity contribution in [1.29, 1.82) is 0 Å². The fraction of sp³-hybridized carbons (Fsp3) is 0.0833. The van der Waals surface area contributed by atoms with Crippen molar-refractivity contribution in [2.75, 3.05) is 17.6 Å². The van der Waals surface area contributed by atoms with Gasteiger partial charge in [0.2, 0.25) is 10.0 Å². The fourth-order valence-electron chi connectivity index (χ4n) is 3.49. The Balaban J connectivity index is 2.12. The average molecular weight is 403 g/mol. The predicted molar refractivity (Wildman–Crippen MR) is 120 cm³/mol. The summed E-state index contributed by atoms with van der Waals surface area (Å²) in [4.78, 5) is 3.42. The molecular formula is C24H22N2O2S. The molecule has 5 heteroatoms. The number of aromatic nitrogens is 1. The molecule has 1 heterocycles. The van der Waals surface area contributed by atoms with Gasteiger partial charge in [-0.3, -0.25) is 4.31 Å². The summed E-state index contributed by atoms with van der Waals surface area (Å²) in [6.45, 7) is 0. The van der Waals surface area contributed by atoms with Crippen LogP contribution in [0.15, 0.2) is 91.0 Å². The highest BCUT2D eigenvalue weighted by Gasteiger charge is 2.26. The Labute approximate surface area is 171 Å². The van der Waals surface area contributed by atoms with E-state index < -0.39 is 10.0 Å². The maximum atomic E-state index is 12.4. The SMILES string of the molecule is CN(c1[nH]c(-c2ccccc2)c(-c2ccccc2)c1-c1ccccc1)S(C)(=O)=O. The summed E-state index contributed by atoms with van der Waals surface area (Å²) in [5.41, 5.74) is 5.71. The van der Waals surface area contributed by atoms with E-state index in [1.807, 2.05) is 91.0 Å². The Kier molecular flexibility index (Phi) is 4.99. The van der Waals surface area contributed by atoms with Gasteiger partial charge in [0.1, 0.15) is 5.82 Å². The highest BCUT2D eigenvalue weighted by Crippen LogP contribution is 2.46. The Morgan fingerprint density at radius 2 is 1.07 bits per heavy atom. The lowest BCUT2D eigenvalue weighted by atomic mass is 9.94. The second kappa shape index (κ2) is 7.60. The summed E-state index contributed by atoms with van der Waals surface area (Å²) in [6, 6.07) is 29.9. The van der Waals surface area contributed by atoms with Crippen molar-refractivity contribution >= 4 is 15.8 Å². The molecule has 0 spiro atoms. The Morgan fingerprint density at radius 3 is 1.52 bits per heavy atom. The average Bonchev–Trinajstić information content (AvgIpc) is 3.15. The van der Waals surface area contributed by atoms with Crippen molar-refractivity contribution in [3.05, 3.63) is 91.0 Å². The molecular weight excluding hydrogens is 380 g/mol. The first-order chi connectivity index (χ1) is 14.0. The maximum Gasteiger partial charge on any atom is 0.233 e. The smallest absolute Gasteiger partial charge is 0.233 e. The summed E-state index contributed by atoms with van der Waals surface area (Å²) >= 11 is 0. The lowest BCUT2D eigenvalue weighted by molar-refractivity contribution is 0.600. The largest absolute Gasteiger partial charge is 0.340 e. The molecule has 4 aromatic rings. The van der Waals surface area contributed by atoms with E-state index in [0.717, 1.165) is 33.5 Å². The van der Waals surface area contributed by atoms with Gasteiger partial charge < -0.3 is 4.98 Å². The van der Waals surface area contributed by atoms with Gasteiger partial charge in [-0.05, 0) is 16.7 Å². The van der Waals surface area contributed by atoms with Gasteiger partial charge in [0.05, 0.1) is 11.9 Å². The monoisotopic (exact) mass is 402 g/mol. The lowest BCUT2D eigenvalue weighted by Gasteiger charge is -2.18. The molecule has 146 valence electrons. The van der Waals surface area contributed by atoms with E-state index in [1.54, 1.807) is 7.05 Å². The zero-order valence-corrected chi connectivity index (χ0v) is 17.1. The van der Waals surface area contributed by atoms with Crippen LogP contribution in [0, 0.1) is 0 Å². The van der Waals surface area contributed by atoms with Crippen molar-refractivity contribution in [3.63, 3.8) is 0 Å². The van der Waals surface area contributed by atoms with Crippen molar-refractivity contribution in [2.45, 2.75) is 0 Å². The minimum absolute atomic E-state index is 0.552. The van der Waals surface area contributed by atoms with E-state index in [1.165, 1.54) is 10.6 Å². The second-order valence-corrected chi connectivity index (χ2v) is 8.94. The number of aromatic amines is 1. The Bertz CT molecular complexity index is 1220. The first-order valence-electron chi connectivity index (χ1n) is 9.33. The van der Waals surface area contributed by atoms with Gasteiger partial charge in [-0.2, -0.15) is 0 Å². The molecule has 0 aliphatic heterocycles. The van der Waals surface area contributed by atoms with Crippen LogP contribution >= 0.6 is 0 Å². The summed E-state index contributed by atoms with van der Waals surface area (Å²) in [5, 5.41) is 0. The van der Waals surface area contributed by atoms with Crippen LogP contribution in [0.3, 0.4) is 0 Å². The molecule has 1 N–H and O–H groups in total. The maximum absolute atomic E-state index is 12.4. The molecule has 0 radical (unpaired) electrons. The molecule has 0 amide bonds. The molecule has 0 aliphatic carbocycles. The van der Waals surface area contributed by atoms with E-state index >= 15 is 0 Å². The van der Waals surface area contributed by atoms with E-state index in [9.17, 15) is 8.42 Å². The Hall–Kier alpha value is -3.31. The van der Waals surface area contributed by atoms with E-state index in [4.69, 9.17) is 0 Å². The third-order valence-corrected chi connectivity index (χ3v) is 6.16. The van der Waals surface area contributed by atoms with Crippen molar-refractivity contribution in [2.24, 2.45) is 0 Å². The summed E-state index contributed by atoms with van der Waals surface area (Å²) in [7, 11) is -1.87. The number of hydrogen-bond acceptors (Lipinski definition) is 2. The summed E-state index contributed by atoms with van der Waals surface area (Å²) < 4.78 is 26.1. The number of anilines is 1. The van der Waals surface area contributed by atoms with E-state index in [-0.39, 0.29) is 0 Å². The molecule has 3 aromatic carbocycles. The molecule has 1 aromatic heterocycles. The van der Waals surface area contributed by atoms with Crippen LogP contribution in [0.1, 0.15) is 0 Å². The Morgan fingerprint density at radius 1 is 0.655 bits per heavy atom. The van der Waals surface area contributed by atoms with Crippen LogP contribution in [0.2, 0.25) is 0 Å². The molecule has 0 saturated carbocycles. The van der Waals surface area contributed by atoms with Gasteiger partial charge in [0, 0.05) is 18.2 Å². The predicted octanol–water partition coefficient (Wildman–Crippen LogP) is 5.41. The van der Waals surface area contributed by atoms with E-state index in [0.29, 0.717) is 5.82 Å². The molecule has 0 atom stereocenters. The van der Waals surface area contributed by atoms with Gasteiger partial charge in [-0.15, -0.1) is 0 Å². The number of nitrogens with one attached hydrogen (secondary N) is 1. The van der Waals surface area contributed by atoms with Crippen molar-refractivity contribution in [3.8, 4) is 33.5 Å². The number of benzene rings is 3. The van der Waals surface area contributed by atoms with Crippen LogP contribution in [0.25, 0.3) is 33.5 Å². The number of rotatable bonds is 5. The highest BCUT2D eigenvalue weighted by molar-refractivity contribution is 7.92. The standard InChI is InChI=1S/C24H22N2O2S/c1-26(29(2,27)28)24-22(19-14-8-4-9-15-19)21(18-12-6-3-7-13-18)23(25-24)20-16-10-5-11-17-20/h3-17,25H,1-2H3. The van der Waals surface area contributed by atoms with Crippen LogP contribution in [-0.2, 0) is 10.0 Å². The number of nitrogens with zero attached hydrogens (tertiary/aromatic N) is 1. The van der Waals surface area contributed by atoms with Gasteiger partial charge >= 0.3 is 0 Å². The highest BCUT2D eigenvalue weighted by atomic mass is 32.2. The van der Waals surface area contributed by atoms with Crippen molar-refractivity contribution in [1.82, 2.24) is 4.98 Å². The molecule has 0 saturated heterocycles. The first-order valence-corrected chi connectivity index (χ1v) is 11.2. The van der Waals surface area contributed by atoms with Crippen LogP contribution in [0.5, 0.6) is 0 Å². The molecule has 29 heavy (non-hydrogen) atoms. The lowest BCUT2D eigenvalue weighted by Crippen LogP contribution is -2.25. The van der Waals surface area contributed by atoms with Crippen LogP contribution in [0.4, 0.5) is 5.82 Å². The third kappa shape index (κ3) is 3.69. The number of hydrogen-bond donors (Lipinski definition) is 1. The van der Waals surface area contributed by atoms with Crippen LogP contribution in [-0.4, -0.2) is 26.7 Å². The van der Waals surface area contributed by atoms with Gasteiger partial charge in [-0.1, -0.05) is 91.0 Å². The van der Waals surface area contributed by atoms with Gasteiger partial charge in [-0.25, -0.2) is 8.42 Å². The van der Waals surface area contributed by atoms with Gasteiger partial charge in [0.25, 0.3) is 0 Å². The zero-order valence-electron chi connectivity index (χ0n) is 16.3. The van der Waals surface area contributed by atoms with Gasteiger partial charge in [0.15, 0.2) is 0 Å². The normalized spacial score (nSPS) is 11.4. The van der Waals surface area contributed by atoms with Crippen molar-refractivity contribution < 1.29 is 8.42 Å². The quantitative estimate of drug-likeness (QED) is 0.485. The zero-order chi connectivity index (χ0) is 20.4. The summed E-state index contributed by atoms with van der Waals surface area (Å²) in [6.07, 6.45) is 1.22. The third-order valence-electron chi connectivity index (χ3n) is 4.98. The molecule has 0 bridgehead atoms.